The zero-order valence-electron chi connectivity index (χ0n) is 13.3. The highest BCUT2D eigenvalue weighted by Gasteiger charge is 2.20. The SMILES string of the molecule is COc1cccc(CNC(=O)NCC(C)(C)CC(C)O)c1. The molecule has 0 radical (unpaired) electrons. The number of benzene rings is 1. The first kappa shape index (κ1) is 17.3. The van der Waals surface area contributed by atoms with E-state index >= 15 is 0 Å². The minimum atomic E-state index is -0.373. The molecule has 0 aliphatic rings. The molecule has 0 aromatic heterocycles. The van der Waals surface area contributed by atoms with Gasteiger partial charge in [-0.3, -0.25) is 0 Å². The summed E-state index contributed by atoms with van der Waals surface area (Å²) in [5.74, 6) is 0.771. The molecule has 21 heavy (non-hydrogen) atoms. The average molecular weight is 294 g/mol. The van der Waals surface area contributed by atoms with Crippen molar-refractivity contribution < 1.29 is 14.6 Å². The van der Waals surface area contributed by atoms with Crippen LogP contribution in [0.25, 0.3) is 0 Å². The average Bonchev–Trinajstić information content (AvgIpc) is 2.42. The Morgan fingerprint density at radius 1 is 1.38 bits per heavy atom. The first-order chi connectivity index (χ1) is 9.82. The maximum absolute atomic E-state index is 11.8. The van der Waals surface area contributed by atoms with Crippen molar-refractivity contribution in [1.29, 1.82) is 0 Å². The fourth-order valence-corrected chi connectivity index (χ4v) is 2.22. The second kappa shape index (κ2) is 7.88. The maximum Gasteiger partial charge on any atom is 0.315 e. The summed E-state index contributed by atoms with van der Waals surface area (Å²) in [6.45, 7) is 6.75. The van der Waals surface area contributed by atoms with Crippen LogP contribution < -0.4 is 15.4 Å². The lowest BCUT2D eigenvalue weighted by molar-refractivity contribution is 0.129. The molecule has 1 aromatic carbocycles. The van der Waals surface area contributed by atoms with Crippen LogP contribution in [-0.2, 0) is 6.54 Å². The highest BCUT2D eigenvalue weighted by Crippen LogP contribution is 2.20. The van der Waals surface area contributed by atoms with Gasteiger partial charge in [0.2, 0.25) is 0 Å². The number of aliphatic hydroxyl groups is 1. The van der Waals surface area contributed by atoms with E-state index in [0.29, 0.717) is 19.5 Å². The van der Waals surface area contributed by atoms with E-state index in [0.717, 1.165) is 11.3 Å². The molecule has 5 heteroatoms. The zero-order chi connectivity index (χ0) is 15.9. The molecule has 0 saturated heterocycles. The first-order valence-electron chi connectivity index (χ1n) is 7.15. The predicted octanol–water partition coefficient (Wildman–Crippen LogP) is 2.29. The molecule has 1 unspecified atom stereocenters. The fourth-order valence-electron chi connectivity index (χ4n) is 2.22. The molecule has 0 aliphatic carbocycles. The van der Waals surface area contributed by atoms with Gasteiger partial charge in [0.25, 0.3) is 0 Å². The van der Waals surface area contributed by atoms with Gasteiger partial charge in [-0.05, 0) is 36.5 Å². The lowest BCUT2D eigenvalue weighted by atomic mass is 9.87. The summed E-state index contributed by atoms with van der Waals surface area (Å²) in [7, 11) is 1.61. The molecule has 1 atom stereocenters. The molecule has 2 amide bonds. The van der Waals surface area contributed by atoms with Crippen LogP contribution >= 0.6 is 0 Å². The number of hydrogen-bond acceptors (Lipinski definition) is 3. The van der Waals surface area contributed by atoms with Crippen LogP contribution in [0.4, 0.5) is 4.79 Å². The topological polar surface area (TPSA) is 70.6 Å². The quantitative estimate of drug-likeness (QED) is 0.722. The van der Waals surface area contributed by atoms with E-state index in [1.165, 1.54) is 0 Å². The Hall–Kier alpha value is -1.75. The third kappa shape index (κ3) is 6.99. The van der Waals surface area contributed by atoms with Gasteiger partial charge in [-0.15, -0.1) is 0 Å². The minimum Gasteiger partial charge on any atom is -0.497 e. The molecule has 1 aromatic rings. The predicted molar refractivity (Wildman–Crippen MR) is 83.3 cm³/mol. The van der Waals surface area contributed by atoms with Crippen molar-refractivity contribution in [3.05, 3.63) is 29.8 Å². The Morgan fingerprint density at radius 3 is 2.71 bits per heavy atom. The van der Waals surface area contributed by atoms with Gasteiger partial charge in [0.1, 0.15) is 5.75 Å². The number of urea groups is 1. The van der Waals surface area contributed by atoms with Crippen LogP contribution in [0.5, 0.6) is 5.75 Å². The van der Waals surface area contributed by atoms with Gasteiger partial charge < -0.3 is 20.5 Å². The summed E-state index contributed by atoms with van der Waals surface area (Å²) in [5.41, 5.74) is 0.842. The van der Waals surface area contributed by atoms with Gasteiger partial charge >= 0.3 is 6.03 Å². The van der Waals surface area contributed by atoms with E-state index in [4.69, 9.17) is 4.74 Å². The molecule has 3 N–H and O–H groups in total. The number of carbonyl (C=O) groups is 1. The standard InChI is InChI=1S/C16H26N2O3/c1-12(19)9-16(2,3)11-18-15(20)17-10-13-6-5-7-14(8-13)21-4/h5-8,12,19H,9-11H2,1-4H3,(H2,17,18,20). The molecular weight excluding hydrogens is 268 g/mol. The van der Waals surface area contributed by atoms with Gasteiger partial charge in [0, 0.05) is 13.1 Å². The molecule has 0 saturated carbocycles. The molecular formula is C16H26N2O3. The van der Waals surface area contributed by atoms with E-state index in [2.05, 4.69) is 10.6 Å². The molecule has 0 heterocycles. The monoisotopic (exact) mass is 294 g/mol. The number of carbonyl (C=O) groups excluding carboxylic acids is 1. The second-order valence-electron chi connectivity index (χ2n) is 6.11. The van der Waals surface area contributed by atoms with E-state index < -0.39 is 0 Å². The molecule has 0 aliphatic heterocycles. The summed E-state index contributed by atoms with van der Waals surface area (Å²) in [6, 6.07) is 7.36. The Balaban J connectivity index is 2.37. The van der Waals surface area contributed by atoms with E-state index in [9.17, 15) is 9.90 Å². The second-order valence-corrected chi connectivity index (χ2v) is 6.11. The smallest absolute Gasteiger partial charge is 0.315 e. The lowest BCUT2D eigenvalue weighted by Crippen LogP contribution is -2.41. The van der Waals surface area contributed by atoms with Crippen molar-refractivity contribution in [3.63, 3.8) is 0 Å². The van der Waals surface area contributed by atoms with Crippen LogP contribution in [0, 0.1) is 5.41 Å². The molecule has 5 nitrogen and oxygen atoms in total. The van der Waals surface area contributed by atoms with Gasteiger partial charge in [0.15, 0.2) is 0 Å². The van der Waals surface area contributed by atoms with Crippen molar-refractivity contribution in [1.82, 2.24) is 10.6 Å². The Morgan fingerprint density at radius 2 is 2.10 bits per heavy atom. The fraction of sp³-hybridized carbons (Fsp3) is 0.562. The Bertz CT molecular complexity index is 459. The number of methoxy groups -OCH3 is 1. The number of amides is 2. The Labute approximate surface area is 126 Å². The minimum absolute atomic E-state index is 0.137. The largest absolute Gasteiger partial charge is 0.497 e. The molecule has 118 valence electrons. The number of rotatable bonds is 7. The third-order valence-electron chi connectivity index (χ3n) is 3.16. The Kier molecular flexibility index (Phi) is 6.49. The number of nitrogens with one attached hydrogen (secondary N) is 2. The number of aliphatic hydroxyl groups excluding tert-OH is 1. The highest BCUT2D eigenvalue weighted by atomic mass is 16.5. The summed E-state index contributed by atoms with van der Waals surface area (Å²) < 4.78 is 5.14. The van der Waals surface area contributed by atoms with E-state index in [1.807, 2.05) is 38.1 Å². The van der Waals surface area contributed by atoms with E-state index in [1.54, 1.807) is 14.0 Å². The molecule has 1 rings (SSSR count). The van der Waals surface area contributed by atoms with Crippen molar-refractivity contribution in [3.8, 4) is 5.75 Å². The number of hydrogen-bond donors (Lipinski definition) is 3. The molecule has 0 fully saturated rings. The van der Waals surface area contributed by atoms with Gasteiger partial charge in [-0.2, -0.15) is 0 Å². The van der Waals surface area contributed by atoms with Crippen molar-refractivity contribution in [2.24, 2.45) is 5.41 Å². The summed E-state index contributed by atoms with van der Waals surface area (Å²) in [4.78, 5) is 11.8. The van der Waals surface area contributed by atoms with Crippen LogP contribution in [0.15, 0.2) is 24.3 Å². The van der Waals surface area contributed by atoms with Crippen LogP contribution in [0.2, 0.25) is 0 Å². The number of ether oxygens (including phenoxy) is 1. The van der Waals surface area contributed by atoms with Crippen molar-refractivity contribution >= 4 is 6.03 Å². The third-order valence-corrected chi connectivity index (χ3v) is 3.16. The summed E-state index contributed by atoms with van der Waals surface area (Å²) >= 11 is 0. The van der Waals surface area contributed by atoms with Gasteiger partial charge in [-0.1, -0.05) is 26.0 Å². The highest BCUT2D eigenvalue weighted by molar-refractivity contribution is 5.73. The lowest BCUT2D eigenvalue weighted by Gasteiger charge is -2.26. The zero-order valence-corrected chi connectivity index (χ0v) is 13.3. The first-order valence-corrected chi connectivity index (χ1v) is 7.15. The molecule has 0 spiro atoms. The summed E-state index contributed by atoms with van der Waals surface area (Å²) in [6.07, 6.45) is 0.269. The summed E-state index contributed by atoms with van der Waals surface area (Å²) in [5, 5.41) is 15.1. The maximum atomic E-state index is 11.8. The van der Waals surface area contributed by atoms with Crippen molar-refractivity contribution in [2.45, 2.75) is 39.8 Å². The van der Waals surface area contributed by atoms with Crippen LogP contribution in [-0.4, -0.2) is 30.9 Å². The normalized spacial score (nSPS) is 12.6. The van der Waals surface area contributed by atoms with Crippen LogP contribution in [0.1, 0.15) is 32.8 Å². The van der Waals surface area contributed by atoms with Gasteiger partial charge in [-0.25, -0.2) is 4.79 Å². The van der Waals surface area contributed by atoms with Crippen molar-refractivity contribution in [2.75, 3.05) is 13.7 Å². The van der Waals surface area contributed by atoms with Crippen LogP contribution in [0.3, 0.4) is 0 Å². The van der Waals surface area contributed by atoms with E-state index in [-0.39, 0.29) is 17.6 Å². The van der Waals surface area contributed by atoms with Gasteiger partial charge in [0.05, 0.1) is 13.2 Å². The molecule has 0 bridgehead atoms.